The molecule has 0 radical (unpaired) electrons. The van der Waals surface area contributed by atoms with Gasteiger partial charge in [0, 0.05) is 37.6 Å². The van der Waals surface area contributed by atoms with Crippen LogP contribution in [-0.4, -0.2) is 49.2 Å². The van der Waals surface area contributed by atoms with Gasteiger partial charge in [0.25, 0.3) is 0 Å². The third-order valence-electron chi connectivity index (χ3n) is 4.15. The molecule has 1 fully saturated rings. The standard InChI is InChI=1S/C17H27N3O2.2ClH/c1-17(2)13-22-11-10-20(17)9-8-19-16(21)12-15(18)14-6-4-3-5-7-14;;/h3-7,15H,8-13,18H2,1-2H3,(H,19,21);2*1H. The lowest BCUT2D eigenvalue weighted by atomic mass is 10.0. The fourth-order valence-electron chi connectivity index (χ4n) is 2.73. The van der Waals surface area contributed by atoms with E-state index in [0.717, 1.165) is 31.9 Å². The van der Waals surface area contributed by atoms with Crippen molar-refractivity contribution in [1.82, 2.24) is 10.2 Å². The lowest BCUT2D eigenvalue weighted by molar-refractivity contribution is -0.121. The van der Waals surface area contributed by atoms with Gasteiger partial charge in [0.15, 0.2) is 0 Å². The number of carbonyl (C=O) groups is 1. The van der Waals surface area contributed by atoms with Crippen LogP contribution in [0.5, 0.6) is 0 Å². The number of hydrogen-bond donors (Lipinski definition) is 2. The van der Waals surface area contributed by atoms with E-state index < -0.39 is 0 Å². The van der Waals surface area contributed by atoms with E-state index in [2.05, 4.69) is 24.1 Å². The predicted molar refractivity (Wildman–Crippen MR) is 102 cm³/mol. The second-order valence-electron chi connectivity index (χ2n) is 6.42. The summed E-state index contributed by atoms with van der Waals surface area (Å²) in [5.41, 5.74) is 7.09. The van der Waals surface area contributed by atoms with E-state index in [1.165, 1.54) is 0 Å². The molecule has 0 saturated carbocycles. The molecule has 1 atom stereocenters. The molecule has 0 aromatic heterocycles. The molecule has 0 aliphatic carbocycles. The Hall–Kier alpha value is -0.850. The Morgan fingerprint density at radius 3 is 2.62 bits per heavy atom. The van der Waals surface area contributed by atoms with E-state index >= 15 is 0 Å². The second kappa shape index (κ2) is 10.9. The molecule has 24 heavy (non-hydrogen) atoms. The third-order valence-corrected chi connectivity index (χ3v) is 4.15. The van der Waals surface area contributed by atoms with Crippen LogP contribution in [0, 0.1) is 0 Å². The van der Waals surface area contributed by atoms with Crippen molar-refractivity contribution < 1.29 is 9.53 Å². The zero-order valence-corrected chi connectivity index (χ0v) is 16.0. The SMILES string of the molecule is CC1(C)COCCN1CCNC(=O)CC(N)c1ccccc1.Cl.Cl. The Kier molecular flexibility index (Phi) is 10.5. The number of morpholine rings is 1. The van der Waals surface area contributed by atoms with Crippen LogP contribution < -0.4 is 11.1 Å². The maximum absolute atomic E-state index is 12.0. The molecule has 0 bridgehead atoms. The first kappa shape index (κ1) is 23.1. The maximum atomic E-state index is 12.0. The van der Waals surface area contributed by atoms with Crippen LogP contribution in [0.4, 0.5) is 0 Å². The van der Waals surface area contributed by atoms with Gasteiger partial charge in [-0.15, -0.1) is 24.8 Å². The van der Waals surface area contributed by atoms with E-state index in [4.69, 9.17) is 10.5 Å². The normalized spacial score (nSPS) is 18.0. The number of rotatable bonds is 6. The van der Waals surface area contributed by atoms with Gasteiger partial charge in [-0.05, 0) is 19.4 Å². The topological polar surface area (TPSA) is 67.6 Å². The van der Waals surface area contributed by atoms with E-state index in [0.29, 0.717) is 13.0 Å². The van der Waals surface area contributed by atoms with Gasteiger partial charge in [-0.2, -0.15) is 0 Å². The number of nitrogens with zero attached hydrogens (tertiary/aromatic N) is 1. The molecule has 0 spiro atoms. The predicted octanol–water partition coefficient (Wildman–Crippen LogP) is 2.15. The van der Waals surface area contributed by atoms with Gasteiger partial charge in [0.1, 0.15) is 0 Å². The first-order valence-corrected chi connectivity index (χ1v) is 7.89. The van der Waals surface area contributed by atoms with Crippen LogP contribution in [0.25, 0.3) is 0 Å². The zero-order valence-electron chi connectivity index (χ0n) is 14.4. The average Bonchev–Trinajstić information content (AvgIpc) is 2.49. The van der Waals surface area contributed by atoms with Gasteiger partial charge in [0.05, 0.1) is 13.2 Å². The van der Waals surface area contributed by atoms with Gasteiger partial charge < -0.3 is 15.8 Å². The quantitative estimate of drug-likeness (QED) is 0.796. The van der Waals surface area contributed by atoms with Crippen LogP contribution in [0.2, 0.25) is 0 Å². The Morgan fingerprint density at radius 2 is 2.00 bits per heavy atom. The van der Waals surface area contributed by atoms with Gasteiger partial charge in [-0.25, -0.2) is 0 Å². The zero-order chi connectivity index (χ0) is 16.0. The molecule has 1 aromatic carbocycles. The van der Waals surface area contributed by atoms with E-state index in [9.17, 15) is 4.79 Å². The van der Waals surface area contributed by atoms with Crippen LogP contribution in [0.3, 0.4) is 0 Å². The molecule has 5 nitrogen and oxygen atoms in total. The number of carbonyl (C=O) groups excluding carboxylic acids is 1. The third kappa shape index (κ3) is 6.95. The molecule has 1 heterocycles. The minimum atomic E-state index is -0.249. The van der Waals surface area contributed by atoms with Crippen molar-refractivity contribution >= 4 is 30.7 Å². The van der Waals surface area contributed by atoms with E-state index in [1.54, 1.807) is 0 Å². The number of ether oxygens (including phenoxy) is 1. The number of amides is 1. The highest BCUT2D eigenvalue weighted by molar-refractivity contribution is 5.85. The van der Waals surface area contributed by atoms with E-state index in [1.807, 2.05) is 30.3 Å². The van der Waals surface area contributed by atoms with Crippen molar-refractivity contribution in [3.63, 3.8) is 0 Å². The Balaban J connectivity index is 0.00000264. The van der Waals surface area contributed by atoms with Gasteiger partial charge in [-0.1, -0.05) is 30.3 Å². The van der Waals surface area contributed by atoms with Crippen LogP contribution in [0.1, 0.15) is 31.9 Å². The van der Waals surface area contributed by atoms with Crippen molar-refractivity contribution in [3.8, 4) is 0 Å². The molecule has 1 aliphatic rings. The Morgan fingerprint density at radius 1 is 1.33 bits per heavy atom. The summed E-state index contributed by atoms with van der Waals surface area (Å²) in [5.74, 6) is 0.00224. The summed E-state index contributed by atoms with van der Waals surface area (Å²) >= 11 is 0. The minimum Gasteiger partial charge on any atom is -0.378 e. The van der Waals surface area contributed by atoms with Gasteiger partial charge >= 0.3 is 0 Å². The van der Waals surface area contributed by atoms with Crippen LogP contribution >= 0.6 is 24.8 Å². The van der Waals surface area contributed by atoms with Crippen LogP contribution in [0.15, 0.2) is 30.3 Å². The highest BCUT2D eigenvalue weighted by Crippen LogP contribution is 2.18. The average molecular weight is 378 g/mol. The molecule has 1 aromatic rings. The molecule has 2 rings (SSSR count). The van der Waals surface area contributed by atoms with Crippen molar-refractivity contribution in [3.05, 3.63) is 35.9 Å². The molecule has 7 heteroatoms. The van der Waals surface area contributed by atoms with Crippen molar-refractivity contribution in [1.29, 1.82) is 0 Å². The summed E-state index contributed by atoms with van der Waals surface area (Å²) in [6.45, 7) is 8.22. The first-order chi connectivity index (χ1) is 10.5. The minimum absolute atomic E-state index is 0. The molecule has 3 N–H and O–H groups in total. The number of halogens is 2. The maximum Gasteiger partial charge on any atom is 0.221 e. The molecule has 1 aliphatic heterocycles. The Labute approximate surface area is 157 Å². The molecular formula is C17H29Cl2N3O2. The van der Waals surface area contributed by atoms with E-state index in [-0.39, 0.29) is 42.3 Å². The smallest absolute Gasteiger partial charge is 0.221 e. The summed E-state index contributed by atoms with van der Waals surface area (Å²) in [6.07, 6.45) is 0.316. The van der Waals surface area contributed by atoms with Crippen molar-refractivity contribution in [2.45, 2.75) is 31.8 Å². The highest BCUT2D eigenvalue weighted by atomic mass is 35.5. The monoisotopic (exact) mass is 377 g/mol. The Bertz CT molecular complexity index is 486. The fourth-order valence-corrected chi connectivity index (χ4v) is 2.73. The molecular weight excluding hydrogens is 349 g/mol. The summed E-state index contributed by atoms with van der Waals surface area (Å²) in [4.78, 5) is 14.4. The summed E-state index contributed by atoms with van der Waals surface area (Å²) in [6, 6.07) is 9.48. The van der Waals surface area contributed by atoms with Gasteiger partial charge in [0.2, 0.25) is 5.91 Å². The fraction of sp³-hybridized carbons (Fsp3) is 0.588. The lowest BCUT2D eigenvalue weighted by Gasteiger charge is -2.42. The number of hydrogen-bond acceptors (Lipinski definition) is 4. The van der Waals surface area contributed by atoms with Gasteiger partial charge in [-0.3, -0.25) is 9.69 Å². The second-order valence-corrected chi connectivity index (χ2v) is 6.42. The molecule has 1 saturated heterocycles. The summed E-state index contributed by atoms with van der Waals surface area (Å²) < 4.78 is 5.50. The van der Waals surface area contributed by atoms with Crippen molar-refractivity contribution in [2.24, 2.45) is 5.73 Å². The first-order valence-electron chi connectivity index (χ1n) is 7.89. The number of nitrogens with one attached hydrogen (secondary N) is 1. The number of nitrogens with two attached hydrogens (primary N) is 1. The van der Waals surface area contributed by atoms with Crippen molar-refractivity contribution in [2.75, 3.05) is 32.8 Å². The molecule has 1 unspecified atom stereocenters. The highest BCUT2D eigenvalue weighted by Gasteiger charge is 2.29. The molecule has 138 valence electrons. The largest absolute Gasteiger partial charge is 0.378 e. The summed E-state index contributed by atoms with van der Waals surface area (Å²) in [7, 11) is 0. The summed E-state index contributed by atoms with van der Waals surface area (Å²) in [5, 5.41) is 2.97. The number of benzene rings is 1. The lowest BCUT2D eigenvalue weighted by Crippen LogP contribution is -2.54. The molecule has 1 amide bonds. The van der Waals surface area contributed by atoms with Crippen LogP contribution in [-0.2, 0) is 9.53 Å².